The van der Waals surface area contributed by atoms with Crippen LogP contribution in [0.3, 0.4) is 0 Å². The first-order valence-corrected chi connectivity index (χ1v) is 8.65. The van der Waals surface area contributed by atoms with Crippen LogP contribution in [0, 0.1) is 12.7 Å². The van der Waals surface area contributed by atoms with Crippen molar-refractivity contribution >= 4 is 33.3 Å². The Balaban J connectivity index is 0.00000127. The Kier molecular flexibility index (Phi) is 7.95. The largest absolute Gasteiger partial charge is 0.383 e. The van der Waals surface area contributed by atoms with Gasteiger partial charge in [0.1, 0.15) is 11.6 Å². The van der Waals surface area contributed by atoms with Gasteiger partial charge in [-0.2, -0.15) is 0 Å². The van der Waals surface area contributed by atoms with Crippen molar-refractivity contribution in [1.82, 2.24) is 10.3 Å². The molecule has 0 aliphatic rings. The third kappa shape index (κ3) is 5.16. The summed E-state index contributed by atoms with van der Waals surface area (Å²) in [6, 6.07) is 4.90. The lowest BCUT2D eigenvalue weighted by atomic mass is 10.0. The molecule has 0 saturated heterocycles. The van der Waals surface area contributed by atoms with Gasteiger partial charge >= 0.3 is 0 Å². The van der Waals surface area contributed by atoms with Crippen LogP contribution < -0.4 is 11.1 Å². The molecule has 23 heavy (non-hydrogen) atoms. The molecule has 0 fully saturated rings. The van der Waals surface area contributed by atoms with Crippen molar-refractivity contribution in [3.63, 3.8) is 0 Å². The molecular weight excluding hydrogens is 381 g/mol. The number of aromatic nitrogens is 1. The maximum absolute atomic E-state index is 13.6. The lowest BCUT2D eigenvalue weighted by Crippen LogP contribution is -2.20. The standard InChI is InChI=1S/C15H16BrClFN3.C2H6/c1-8-3-4-12(18)14(17)13(8)9(2)20-6-10-5-11(16)7-21-15(10)19;1-2/h3-5,7,9,20H,6H2,1-2H3,(H2,19,21);1-2H3. The molecule has 1 heterocycles. The predicted octanol–water partition coefficient (Wildman–Crippen LogP) is 5.40. The Bertz CT molecular complexity index is 665. The van der Waals surface area contributed by atoms with Gasteiger partial charge in [0, 0.05) is 28.8 Å². The van der Waals surface area contributed by atoms with E-state index in [-0.39, 0.29) is 11.1 Å². The molecule has 2 aromatic rings. The van der Waals surface area contributed by atoms with E-state index in [1.165, 1.54) is 6.07 Å². The number of nitrogens with two attached hydrogens (primary N) is 1. The molecule has 2 rings (SSSR count). The zero-order valence-corrected chi connectivity index (χ0v) is 16.1. The van der Waals surface area contributed by atoms with Crippen LogP contribution in [0.2, 0.25) is 5.02 Å². The minimum atomic E-state index is -0.408. The Morgan fingerprint density at radius 2 is 2.04 bits per heavy atom. The molecule has 0 radical (unpaired) electrons. The Morgan fingerprint density at radius 3 is 2.70 bits per heavy atom. The summed E-state index contributed by atoms with van der Waals surface area (Å²) < 4.78 is 14.5. The van der Waals surface area contributed by atoms with E-state index in [9.17, 15) is 4.39 Å². The van der Waals surface area contributed by atoms with Crippen LogP contribution >= 0.6 is 27.5 Å². The normalized spacial score (nSPS) is 11.6. The average molecular weight is 403 g/mol. The number of hydrogen-bond acceptors (Lipinski definition) is 3. The van der Waals surface area contributed by atoms with Gasteiger partial charge in [-0.05, 0) is 53.0 Å². The monoisotopic (exact) mass is 401 g/mol. The summed E-state index contributed by atoms with van der Waals surface area (Å²) in [5.74, 6) is 0.0644. The summed E-state index contributed by atoms with van der Waals surface area (Å²) in [5.41, 5.74) is 8.42. The van der Waals surface area contributed by atoms with Crippen molar-refractivity contribution < 1.29 is 4.39 Å². The van der Waals surface area contributed by atoms with Crippen LogP contribution in [-0.2, 0) is 6.54 Å². The van der Waals surface area contributed by atoms with Crippen LogP contribution in [0.5, 0.6) is 0 Å². The van der Waals surface area contributed by atoms with Crippen LogP contribution in [0.4, 0.5) is 10.2 Å². The van der Waals surface area contributed by atoms with Gasteiger partial charge < -0.3 is 11.1 Å². The van der Waals surface area contributed by atoms with E-state index >= 15 is 0 Å². The maximum Gasteiger partial charge on any atom is 0.142 e. The van der Waals surface area contributed by atoms with Gasteiger partial charge in [0.05, 0.1) is 5.02 Å². The van der Waals surface area contributed by atoms with Crippen LogP contribution in [-0.4, -0.2) is 4.98 Å². The first-order chi connectivity index (χ1) is 10.9. The van der Waals surface area contributed by atoms with E-state index in [0.717, 1.165) is 21.2 Å². The van der Waals surface area contributed by atoms with Crippen LogP contribution in [0.25, 0.3) is 0 Å². The van der Waals surface area contributed by atoms with Crippen LogP contribution in [0.1, 0.15) is 43.5 Å². The molecule has 126 valence electrons. The topological polar surface area (TPSA) is 50.9 Å². The van der Waals surface area contributed by atoms with Crippen molar-refractivity contribution in [2.45, 2.75) is 40.3 Å². The molecule has 1 atom stereocenters. The minimum absolute atomic E-state index is 0.105. The second kappa shape index (κ2) is 9.21. The van der Waals surface area contributed by atoms with E-state index in [1.54, 1.807) is 12.3 Å². The van der Waals surface area contributed by atoms with Gasteiger partial charge in [0.2, 0.25) is 0 Å². The Morgan fingerprint density at radius 1 is 1.39 bits per heavy atom. The van der Waals surface area contributed by atoms with Crippen molar-refractivity contribution in [2.24, 2.45) is 0 Å². The number of benzene rings is 1. The number of hydrogen-bond donors (Lipinski definition) is 2. The van der Waals surface area contributed by atoms with Crippen LogP contribution in [0.15, 0.2) is 28.9 Å². The summed E-state index contributed by atoms with van der Waals surface area (Å²) in [7, 11) is 0. The molecule has 6 heteroatoms. The quantitative estimate of drug-likeness (QED) is 0.719. The first-order valence-electron chi connectivity index (χ1n) is 7.48. The van der Waals surface area contributed by atoms with Gasteiger partial charge in [-0.15, -0.1) is 0 Å². The molecule has 3 nitrogen and oxygen atoms in total. The summed E-state index contributed by atoms with van der Waals surface area (Å²) in [4.78, 5) is 4.08. The number of nitrogens with one attached hydrogen (secondary N) is 1. The molecule has 0 aliphatic heterocycles. The fourth-order valence-electron chi connectivity index (χ4n) is 2.19. The fourth-order valence-corrected chi connectivity index (χ4v) is 2.95. The van der Waals surface area contributed by atoms with Crippen molar-refractivity contribution in [3.05, 3.63) is 56.4 Å². The molecule has 0 amide bonds. The van der Waals surface area contributed by atoms with E-state index in [4.69, 9.17) is 17.3 Å². The SMILES string of the molecule is CC.Cc1ccc(F)c(Cl)c1C(C)NCc1cc(Br)cnc1N. The summed E-state index contributed by atoms with van der Waals surface area (Å²) in [6.45, 7) is 8.37. The average Bonchev–Trinajstić information content (AvgIpc) is 2.54. The smallest absolute Gasteiger partial charge is 0.142 e. The number of nitrogen functional groups attached to an aromatic ring is 1. The van der Waals surface area contributed by atoms with E-state index < -0.39 is 5.82 Å². The molecule has 3 N–H and O–H groups in total. The molecular formula is C17H22BrClFN3. The highest BCUT2D eigenvalue weighted by atomic mass is 79.9. The molecule has 1 unspecified atom stereocenters. The molecule has 0 spiro atoms. The molecule has 1 aromatic heterocycles. The highest BCUT2D eigenvalue weighted by molar-refractivity contribution is 9.10. The van der Waals surface area contributed by atoms with E-state index in [0.29, 0.717) is 12.4 Å². The van der Waals surface area contributed by atoms with Gasteiger partial charge in [-0.1, -0.05) is 31.5 Å². The highest BCUT2D eigenvalue weighted by Gasteiger charge is 2.16. The summed E-state index contributed by atoms with van der Waals surface area (Å²) >= 11 is 9.44. The Labute approximate surface area is 150 Å². The zero-order chi connectivity index (χ0) is 17.6. The van der Waals surface area contributed by atoms with Gasteiger partial charge in [0.15, 0.2) is 0 Å². The summed E-state index contributed by atoms with van der Waals surface area (Å²) in [6.07, 6.45) is 1.65. The lowest BCUT2D eigenvalue weighted by Gasteiger charge is -2.19. The maximum atomic E-state index is 13.6. The second-order valence-corrected chi connectivity index (χ2v) is 6.19. The fraction of sp³-hybridized carbons (Fsp3) is 0.353. The lowest BCUT2D eigenvalue weighted by molar-refractivity contribution is 0.562. The molecule has 1 aromatic carbocycles. The number of nitrogens with zero attached hydrogens (tertiary/aromatic N) is 1. The molecule has 0 bridgehead atoms. The molecule has 0 aliphatic carbocycles. The molecule has 0 saturated carbocycles. The number of aryl methyl sites for hydroxylation is 1. The highest BCUT2D eigenvalue weighted by Crippen LogP contribution is 2.29. The zero-order valence-electron chi connectivity index (χ0n) is 13.8. The minimum Gasteiger partial charge on any atom is -0.383 e. The number of rotatable bonds is 4. The van der Waals surface area contributed by atoms with E-state index in [1.807, 2.05) is 33.8 Å². The third-order valence-corrected chi connectivity index (χ3v) is 4.17. The van der Waals surface area contributed by atoms with Crippen molar-refractivity contribution in [3.8, 4) is 0 Å². The van der Waals surface area contributed by atoms with Gasteiger partial charge in [-0.3, -0.25) is 0 Å². The van der Waals surface area contributed by atoms with E-state index in [2.05, 4.69) is 26.2 Å². The van der Waals surface area contributed by atoms with Crippen molar-refractivity contribution in [1.29, 1.82) is 0 Å². The Hall–Kier alpha value is -1.17. The van der Waals surface area contributed by atoms with Gasteiger partial charge in [0.25, 0.3) is 0 Å². The van der Waals surface area contributed by atoms with Crippen molar-refractivity contribution in [2.75, 3.05) is 5.73 Å². The second-order valence-electron chi connectivity index (χ2n) is 4.89. The number of halogens is 3. The van der Waals surface area contributed by atoms with Gasteiger partial charge in [-0.25, -0.2) is 9.37 Å². The third-order valence-electron chi connectivity index (χ3n) is 3.35. The predicted molar refractivity (Wildman–Crippen MR) is 99.1 cm³/mol. The number of pyridine rings is 1. The first kappa shape index (κ1) is 19.9. The summed E-state index contributed by atoms with van der Waals surface area (Å²) in [5, 5.41) is 3.46. The number of anilines is 1.